The van der Waals surface area contributed by atoms with Crippen LogP contribution in [0.15, 0.2) is 0 Å². The van der Waals surface area contributed by atoms with E-state index in [1.807, 2.05) is 0 Å². The van der Waals surface area contributed by atoms with Crippen LogP contribution >= 0.6 is 0 Å². The van der Waals surface area contributed by atoms with Crippen LogP contribution in [0.2, 0.25) is 0 Å². The SMILES string of the molecule is CC(C)(C)OC(=O)N1CCC[C@H](N(CC(=O)O)C(=O)C(C)(C)CC(F)(F)F)C1. The van der Waals surface area contributed by atoms with Gasteiger partial charge in [0.2, 0.25) is 5.91 Å². The van der Waals surface area contributed by atoms with Crippen LogP contribution in [-0.2, 0) is 14.3 Å². The minimum atomic E-state index is -4.57. The summed E-state index contributed by atoms with van der Waals surface area (Å²) in [5.74, 6) is -2.23. The van der Waals surface area contributed by atoms with E-state index in [2.05, 4.69) is 0 Å². The highest BCUT2D eigenvalue weighted by molar-refractivity contribution is 5.86. The standard InChI is InChI=1S/C18H29F3N2O5/c1-16(2,3)28-15(27)22-8-6-7-12(9-22)23(10-13(24)25)14(26)17(4,5)11-18(19,20)21/h12H,6-11H2,1-5H3,(H,24,25)/t12-/m0/s1. The molecule has 10 heteroatoms. The van der Waals surface area contributed by atoms with Gasteiger partial charge in [-0.15, -0.1) is 0 Å². The van der Waals surface area contributed by atoms with Gasteiger partial charge in [-0.05, 0) is 33.6 Å². The number of carboxylic acid groups (broad SMARTS) is 1. The maximum Gasteiger partial charge on any atom is 0.410 e. The lowest BCUT2D eigenvalue weighted by atomic mass is 9.86. The van der Waals surface area contributed by atoms with E-state index in [0.29, 0.717) is 19.4 Å². The molecule has 0 saturated carbocycles. The van der Waals surface area contributed by atoms with Crippen molar-refractivity contribution in [2.24, 2.45) is 5.41 Å². The Labute approximate surface area is 162 Å². The zero-order chi connectivity index (χ0) is 21.9. The van der Waals surface area contributed by atoms with Gasteiger partial charge in [0, 0.05) is 13.1 Å². The summed E-state index contributed by atoms with van der Waals surface area (Å²) in [6, 6.07) is -0.697. The van der Waals surface area contributed by atoms with Crippen molar-refractivity contribution in [3.05, 3.63) is 0 Å². The average Bonchev–Trinajstić information content (AvgIpc) is 2.48. The highest BCUT2D eigenvalue weighted by atomic mass is 19.4. The summed E-state index contributed by atoms with van der Waals surface area (Å²) in [7, 11) is 0. The van der Waals surface area contributed by atoms with Crippen LogP contribution in [0.3, 0.4) is 0 Å². The van der Waals surface area contributed by atoms with Crippen LogP contribution in [-0.4, -0.2) is 70.3 Å². The molecule has 2 amide bonds. The van der Waals surface area contributed by atoms with Gasteiger partial charge in [-0.2, -0.15) is 13.2 Å². The molecule has 28 heavy (non-hydrogen) atoms. The normalized spacial score (nSPS) is 18.6. The van der Waals surface area contributed by atoms with Crippen LogP contribution in [0, 0.1) is 5.41 Å². The minimum absolute atomic E-state index is 0.00995. The maximum absolute atomic E-state index is 12.8. The summed E-state index contributed by atoms with van der Waals surface area (Å²) < 4.78 is 43.8. The van der Waals surface area contributed by atoms with Crippen LogP contribution in [0.5, 0.6) is 0 Å². The van der Waals surface area contributed by atoms with Crippen molar-refractivity contribution in [1.29, 1.82) is 0 Å². The zero-order valence-corrected chi connectivity index (χ0v) is 16.9. The molecule has 1 saturated heterocycles. The molecular formula is C18H29F3N2O5. The molecule has 1 heterocycles. The first-order valence-electron chi connectivity index (χ1n) is 9.09. The summed E-state index contributed by atoms with van der Waals surface area (Å²) in [4.78, 5) is 38.7. The molecule has 7 nitrogen and oxygen atoms in total. The Bertz CT molecular complexity index is 599. The fourth-order valence-electron chi connectivity index (χ4n) is 3.18. The van der Waals surface area contributed by atoms with Gasteiger partial charge in [0.25, 0.3) is 0 Å². The van der Waals surface area contributed by atoms with E-state index in [4.69, 9.17) is 9.84 Å². The topological polar surface area (TPSA) is 87.2 Å². The maximum atomic E-state index is 12.8. The number of alkyl halides is 3. The second-order valence-corrected chi connectivity index (χ2v) is 8.73. The summed E-state index contributed by atoms with van der Waals surface area (Å²) in [5.41, 5.74) is -2.54. The molecular weight excluding hydrogens is 381 g/mol. The third-order valence-corrected chi connectivity index (χ3v) is 4.28. The number of carbonyl (C=O) groups excluding carboxylic acids is 2. The van der Waals surface area contributed by atoms with Crippen molar-refractivity contribution in [2.75, 3.05) is 19.6 Å². The lowest BCUT2D eigenvalue weighted by molar-refractivity contribution is -0.173. The summed E-state index contributed by atoms with van der Waals surface area (Å²) >= 11 is 0. The molecule has 1 rings (SSSR count). The first-order valence-corrected chi connectivity index (χ1v) is 9.09. The van der Waals surface area contributed by atoms with Crippen molar-refractivity contribution in [2.45, 2.75) is 71.7 Å². The van der Waals surface area contributed by atoms with E-state index in [1.54, 1.807) is 20.8 Å². The lowest BCUT2D eigenvalue weighted by Gasteiger charge is -2.41. The van der Waals surface area contributed by atoms with E-state index in [-0.39, 0.29) is 6.54 Å². The number of rotatable bonds is 5. The van der Waals surface area contributed by atoms with Crippen LogP contribution < -0.4 is 0 Å². The van der Waals surface area contributed by atoms with Crippen molar-refractivity contribution < 1.29 is 37.4 Å². The number of nitrogens with zero attached hydrogens (tertiary/aromatic N) is 2. The number of ether oxygens (including phenoxy) is 1. The molecule has 1 N–H and O–H groups in total. The predicted molar refractivity (Wildman–Crippen MR) is 94.6 cm³/mol. The Morgan fingerprint density at radius 2 is 1.71 bits per heavy atom. The van der Waals surface area contributed by atoms with Crippen molar-refractivity contribution in [1.82, 2.24) is 9.80 Å². The second-order valence-electron chi connectivity index (χ2n) is 8.73. The van der Waals surface area contributed by atoms with E-state index < -0.39 is 54.2 Å². The lowest BCUT2D eigenvalue weighted by Crippen LogP contribution is -2.56. The Kier molecular flexibility index (Phi) is 7.35. The van der Waals surface area contributed by atoms with E-state index in [0.717, 1.165) is 18.7 Å². The van der Waals surface area contributed by atoms with Gasteiger partial charge < -0.3 is 19.6 Å². The first kappa shape index (κ1) is 24.0. The molecule has 0 aromatic rings. The Morgan fingerprint density at radius 1 is 1.14 bits per heavy atom. The Hall–Kier alpha value is -2.00. The van der Waals surface area contributed by atoms with Crippen molar-refractivity contribution in [3.63, 3.8) is 0 Å². The summed E-state index contributed by atoms with van der Waals surface area (Å²) in [5, 5.41) is 9.17. The number of aliphatic carboxylic acids is 1. The molecule has 0 aromatic carbocycles. The highest BCUT2D eigenvalue weighted by Gasteiger charge is 2.45. The summed E-state index contributed by atoms with van der Waals surface area (Å²) in [6.45, 7) is 7.04. The monoisotopic (exact) mass is 410 g/mol. The number of amides is 2. The van der Waals surface area contributed by atoms with Crippen LogP contribution in [0.25, 0.3) is 0 Å². The molecule has 162 valence electrons. The van der Waals surface area contributed by atoms with Gasteiger partial charge in [0.1, 0.15) is 12.1 Å². The Balaban J connectivity index is 3.01. The second kappa shape index (κ2) is 8.57. The zero-order valence-electron chi connectivity index (χ0n) is 16.9. The molecule has 1 aliphatic heterocycles. The molecule has 1 fully saturated rings. The number of carboxylic acids is 1. The minimum Gasteiger partial charge on any atom is -0.480 e. The highest BCUT2D eigenvalue weighted by Crippen LogP contribution is 2.35. The van der Waals surface area contributed by atoms with Gasteiger partial charge in [-0.25, -0.2) is 4.79 Å². The number of hydrogen-bond donors (Lipinski definition) is 1. The number of carbonyl (C=O) groups is 3. The fraction of sp³-hybridized carbons (Fsp3) is 0.833. The molecule has 0 radical (unpaired) electrons. The van der Waals surface area contributed by atoms with Gasteiger partial charge in [-0.1, -0.05) is 13.8 Å². The number of halogens is 3. The predicted octanol–water partition coefficient (Wildman–Crippen LogP) is 3.28. The van der Waals surface area contributed by atoms with Crippen molar-refractivity contribution >= 4 is 18.0 Å². The first-order chi connectivity index (χ1) is 12.5. The molecule has 1 atom stereocenters. The van der Waals surface area contributed by atoms with Crippen LogP contribution in [0.1, 0.15) is 53.9 Å². The quantitative estimate of drug-likeness (QED) is 0.752. The Morgan fingerprint density at radius 3 is 2.18 bits per heavy atom. The van der Waals surface area contributed by atoms with E-state index in [9.17, 15) is 27.6 Å². The van der Waals surface area contributed by atoms with E-state index >= 15 is 0 Å². The number of piperidine rings is 1. The third-order valence-electron chi connectivity index (χ3n) is 4.28. The molecule has 0 spiro atoms. The largest absolute Gasteiger partial charge is 0.480 e. The number of hydrogen-bond acceptors (Lipinski definition) is 4. The molecule has 0 aromatic heterocycles. The van der Waals surface area contributed by atoms with Crippen LogP contribution in [0.4, 0.5) is 18.0 Å². The fourth-order valence-corrected chi connectivity index (χ4v) is 3.18. The van der Waals surface area contributed by atoms with Crippen molar-refractivity contribution in [3.8, 4) is 0 Å². The summed E-state index contributed by atoms with van der Waals surface area (Å²) in [6.07, 6.45) is -5.66. The van der Waals surface area contributed by atoms with Gasteiger partial charge in [-0.3, -0.25) is 9.59 Å². The average molecular weight is 410 g/mol. The molecule has 1 aliphatic rings. The van der Waals surface area contributed by atoms with Gasteiger partial charge in [0.05, 0.1) is 17.9 Å². The smallest absolute Gasteiger partial charge is 0.410 e. The van der Waals surface area contributed by atoms with Gasteiger partial charge >= 0.3 is 18.2 Å². The van der Waals surface area contributed by atoms with E-state index in [1.165, 1.54) is 4.90 Å². The van der Waals surface area contributed by atoms with Gasteiger partial charge in [0.15, 0.2) is 0 Å². The molecule has 0 aliphatic carbocycles. The molecule has 0 bridgehead atoms. The molecule has 0 unspecified atom stereocenters. The third kappa shape index (κ3) is 7.55. The number of likely N-dealkylation sites (tertiary alicyclic amines) is 1.